The zero-order valence-corrected chi connectivity index (χ0v) is 19.1. The first-order valence-corrected chi connectivity index (χ1v) is 11.8. The lowest BCUT2D eigenvalue weighted by Crippen LogP contribution is -2.35. The lowest BCUT2D eigenvalue weighted by Gasteiger charge is -2.29. The minimum absolute atomic E-state index is 0.0272. The Labute approximate surface area is 190 Å². The van der Waals surface area contributed by atoms with Gasteiger partial charge in [-0.05, 0) is 36.8 Å². The molecular formula is C24H23NO4S2. The standard InChI is InChI=1S/C24H23NO4S2/c1-3-29-23(27)22-19-13-25(17-9-11-18(28-2)12-10-17)14-20(26)21(19)24(31-22)30-15-16-7-5-4-6-8-16/h4-12H,3,13-15H2,1-2H3. The number of esters is 1. The van der Waals surface area contributed by atoms with Crippen molar-refractivity contribution < 1.29 is 19.1 Å². The van der Waals surface area contributed by atoms with Gasteiger partial charge in [0.15, 0.2) is 5.78 Å². The molecular weight excluding hydrogens is 430 g/mol. The summed E-state index contributed by atoms with van der Waals surface area (Å²) < 4.78 is 11.4. The molecule has 31 heavy (non-hydrogen) atoms. The van der Waals surface area contributed by atoms with Gasteiger partial charge in [0.05, 0.1) is 24.5 Å². The van der Waals surface area contributed by atoms with E-state index in [1.165, 1.54) is 16.9 Å². The first-order valence-electron chi connectivity index (χ1n) is 10.0. The minimum Gasteiger partial charge on any atom is -0.497 e. The van der Waals surface area contributed by atoms with E-state index < -0.39 is 0 Å². The first kappa shape index (κ1) is 21.5. The summed E-state index contributed by atoms with van der Waals surface area (Å²) in [5.41, 5.74) is 3.54. The number of methoxy groups -OCH3 is 1. The minimum atomic E-state index is -0.361. The average molecular weight is 454 g/mol. The van der Waals surface area contributed by atoms with E-state index in [4.69, 9.17) is 9.47 Å². The van der Waals surface area contributed by atoms with E-state index in [2.05, 4.69) is 12.1 Å². The third kappa shape index (κ3) is 4.62. The van der Waals surface area contributed by atoms with Crippen molar-refractivity contribution in [1.82, 2.24) is 0 Å². The number of fused-ring (bicyclic) bond motifs is 1. The summed E-state index contributed by atoms with van der Waals surface area (Å²) in [7, 11) is 1.62. The molecule has 0 atom stereocenters. The van der Waals surface area contributed by atoms with Crippen molar-refractivity contribution in [2.45, 2.75) is 23.4 Å². The highest BCUT2D eigenvalue weighted by Crippen LogP contribution is 2.41. The van der Waals surface area contributed by atoms with Crippen LogP contribution < -0.4 is 9.64 Å². The van der Waals surface area contributed by atoms with E-state index in [0.717, 1.165) is 27.0 Å². The van der Waals surface area contributed by atoms with E-state index in [9.17, 15) is 9.59 Å². The number of anilines is 1. The number of Topliss-reactive ketones (excluding diaryl/α,β-unsaturated/α-hetero) is 1. The Hall–Kier alpha value is -2.77. The molecule has 0 aliphatic carbocycles. The molecule has 5 nitrogen and oxygen atoms in total. The molecule has 160 valence electrons. The number of ether oxygens (including phenoxy) is 2. The number of benzene rings is 2. The van der Waals surface area contributed by atoms with E-state index in [1.54, 1.807) is 25.8 Å². The molecule has 0 bridgehead atoms. The molecule has 0 N–H and O–H groups in total. The van der Waals surface area contributed by atoms with Crippen LogP contribution in [0.2, 0.25) is 0 Å². The Morgan fingerprint density at radius 3 is 2.52 bits per heavy atom. The second-order valence-corrected chi connectivity index (χ2v) is 9.31. The van der Waals surface area contributed by atoms with Crippen molar-refractivity contribution in [1.29, 1.82) is 0 Å². The van der Waals surface area contributed by atoms with Crippen LogP contribution in [0.3, 0.4) is 0 Å². The van der Waals surface area contributed by atoms with Gasteiger partial charge >= 0.3 is 5.97 Å². The summed E-state index contributed by atoms with van der Waals surface area (Å²) in [6, 6.07) is 17.7. The first-order chi connectivity index (χ1) is 15.1. The Balaban J connectivity index is 1.66. The third-order valence-corrected chi connectivity index (χ3v) is 7.60. The number of carbonyl (C=O) groups is 2. The second-order valence-electron chi connectivity index (χ2n) is 7.04. The molecule has 1 aromatic heterocycles. The van der Waals surface area contributed by atoms with E-state index in [1.807, 2.05) is 47.4 Å². The van der Waals surface area contributed by atoms with Crippen molar-refractivity contribution in [3.63, 3.8) is 0 Å². The van der Waals surface area contributed by atoms with Gasteiger partial charge < -0.3 is 14.4 Å². The number of carbonyl (C=O) groups excluding carboxylic acids is 2. The van der Waals surface area contributed by atoms with Crippen molar-refractivity contribution in [2.24, 2.45) is 0 Å². The van der Waals surface area contributed by atoms with Gasteiger partial charge in [0.1, 0.15) is 10.6 Å². The SMILES string of the molecule is CCOC(=O)c1sc(SCc2ccccc2)c2c1CN(c1ccc(OC)cc1)CC2=O. The Kier molecular flexibility index (Phi) is 6.63. The zero-order chi connectivity index (χ0) is 21.8. The Morgan fingerprint density at radius 2 is 1.84 bits per heavy atom. The monoisotopic (exact) mass is 453 g/mol. The number of hydrogen-bond acceptors (Lipinski definition) is 7. The molecule has 3 aromatic rings. The molecule has 0 saturated heterocycles. The van der Waals surface area contributed by atoms with Crippen LogP contribution in [0, 0.1) is 0 Å². The van der Waals surface area contributed by atoms with E-state index in [0.29, 0.717) is 23.6 Å². The Bertz CT molecular complexity index is 1080. The topological polar surface area (TPSA) is 55.8 Å². The van der Waals surface area contributed by atoms with E-state index >= 15 is 0 Å². The number of thioether (sulfide) groups is 1. The third-order valence-electron chi connectivity index (χ3n) is 5.05. The van der Waals surface area contributed by atoms with Crippen LogP contribution in [0.4, 0.5) is 5.69 Å². The van der Waals surface area contributed by atoms with Crippen LogP contribution in [0.5, 0.6) is 5.75 Å². The lowest BCUT2D eigenvalue weighted by molar-refractivity contribution is 0.0531. The van der Waals surface area contributed by atoms with Crippen molar-refractivity contribution in [2.75, 3.05) is 25.2 Å². The Morgan fingerprint density at radius 1 is 1.10 bits per heavy atom. The van der Waals surface area contributed by atoms with Crippen molar-refractivity contribution in [3.05, 3.63) is 76.2 Å². The second kappa shape index (κ2) is 9.58. The molecule has 4 rings (SSSR count). The summed E-state index contributed by atoms with van der Waals surface area (Å²) in [6.45, 7) is 2.85. The molecule has 7 heteroatoms. The van der Waals surface area contributed by atoms with Gasteiger partial charge in [-0.15, -0.1) is 23.1 Å². The summed E-state index contributed by atoms with van der Waals surface area (Å²) >= 11 is 2.98. The van der Waals surface area contributed by atoms with Crippen LogP contribution in [0.15, 0.2) is 58.8 Å². The summed E-state index contributed by atoms with van der Waals surface area (Å²) in [6.07, 6.45) is 0. The van der Waals surface area contributed by atoms with Gasteiger partial charge in [-0.3, -0.25) is 4.79 Å². The average Bonchev–Trinajstić information content (AvgIpc) is 3.18. The number of nitrogens with zero attached hydrogens (tertiary/aromatic N) is 1. The van der Waals surface area contributed by atoms with Crippen LogP contribution >= 0.6 is 23.1 Å². The molecule has 1 aliphatic rings. The highest BCUT2D eigenvalue weighted by atomic mass is 32.2. The van der Waals surface area contributed by atoms with Crippen LogP contribution in [0.1, 0.15) is 38.1 Å². The van der Waals surface area contributed by atoms with Gasteiger partial charge in [-0.2, -0.15) is 0 Å². The fraction of sp³-hybridized carbons (Fsp3) is 0.250. The van der Waals surface area contributed by atoms with Gasteiger partial charge in [0, 0.05) is 29.1 Å². The molecule has 2 aromatic carbocycles. The summed E-state index contributed by atoms with van der Waals surface area (Å²) in [5.74, 6) is 1.17. The molecule has 0 saturated carbocycles. The maximum absolute atomic E-state index is 13.2. The van der Waals surface area contributed by atoms with Gasteiger partial charge in [-0.25, -0.2) is 4.79 Å². The smallest absolute Gasteiger partial charge is 0.348 e. The molecule has 0 fully saturated rings. The molecule has 0 radical (unpaired) electrons. The normalized spacial score (nSPS) is 13.1. The predicted octanol–water partition coefficient (Wildman–Crippen LogP) is 5.43. The van der Waals surface area contributed by atoms with Crippen LogP contribution in [0.25, 0.3) is 0 Å². The summed E-state index contributed by atoms with van der Waals surface area (Å²) in [4.78, 5) is 28.4. The van der Waals surface area contributed by atoms with Gasteiger partial charge in [-0.1, -0.05) is 30.3 Å². The number of thiophene rings is 1. The largest absolute Gasteiger partial charge is 0.497 e. The quantitative estimate of drug-likeness (QED) is 0.351. The van der Waals surface area contributed by atoms with Crippen LogP contribution in [-0.4, -0.2) is 32.0 Å². The fourth-order valence-electron chi connectivity index (χ4n) is 3.54. The van der Waals surface area contributed by atoms with Crippen LogP contribution in [-0.2, 0) is 17.0 Å². The lowest BCUT2D eigenvalue weighted by atomic mass is 10.0. The number of hydrogen-bond donors (Lipinski definition) is 0. The highest BCUT2D eigenvalue weighted by Gasteiger charge is 2.33. The number of rotatable bonds is 7. The van der Waals surface area contributed by atoms with Gasteiger partial charge in [0.25, 0.3) is 0 Å². The maximum atomic E-state index is 13.2. The molecule has 2 heterocycles. The summed E-state index contributed by atoms with van der Waals surface area (Å²) in [5, 5.41) is 0. The predicted molar refractivity (Wildman–Crippen MR) is 125 cm³/mol. The zero-order valence-electron chi connectivity index (χ0n) is 17.4. The highest BCUT2D eigenvalue weighted by molar-refractivity contribution is 8.00. The van der Waals surface area contributed by atoms with Crippen molar-refractivity contribution in [3.8, 4) is 5.75 Å². The molecule has 0 amide bonds. The van der Waals surface area contributed by atoms with E-state index in [-0.39, 0.29) is 18.3 Å². The molecule has 0 unspecified atom stereocenters. The molecule has 0 spiro atoms. The fourth-order valence-corrected chi connectivity index (χ4v) is 6.03. The number of ketones is 1. The van der Waals surface area contributed by atoms with Crippen molar-refractivity contribution >= 4 is 40.5 Å². The van der Waals surface area contributed by atoms with Gasteiger partial charge in [0.2, 0.25) is 0 Å². The maximum Gasteiger partial charge on any atom is 0.348 e. The molecule has 1 aliphatic heterocycles.